The molecule has 0 unspecified atom stereocenters. The molecule has 0 aliphatic heterocycles. The van der Waals surface area contributed by atoms with Gasteiger partial charge >= 0.3 is 17.9 Å². The molecule has 5 N–H and O–H groups in total. The van der Waals surface area contributed by atoms with Crippen molar-refractivity contribution >= 4 is 35.2 Å². The van der Waals surface area contributed by atoms with Gasteiger partial charge < -0.3 is 20.4 Å². The van der Waals surface area contributed by atoms with Gasteiger partial charge in [-0.1, -0.05) is 29.8 Å². The highest BCUT2D eigenvalue weighted by atomic mass is 35.5. The van der Waals surface area contributed by atoms with E-state index in [9.17, 15) is 24.6 Å². The Labute approximate surface area is 206 Å². The number of ether oxygens (including phenoxy) is 1. The fourth-order valence-corrected chi connectivity index (χ4v) is 3.67. The molecule has 0 amide bonds. The van der Waals surface area contributed by atoms with Crippen LogP contribution in [0.2, 0.25) is 5.02 Å². The SMILES string of the molecule is NNc1ccc(C(=O)Oc2ccc(CCN(CC(=O)O)Cc3cccc(C(=O)O)c3)c(Cl)c2)cc1. The summed E-state index contributed by atoms with van der Waals surface area (Å²) in [5.74, 6) is 3.00. The minimum absolute atomic E-state index is 0.137. The number of benzene rings is 3. The zero-order chi connectivity index (χ0) is 25.4. The fraction of sp³-hybridized carbons (Fsp3) is 0.160. The Balaban J connectivity index is 1.64. The predicted octanol–water partition coefficient (Wildman–Crippen LogP) is 3.67. The molecule has 0 fully saturated rings. The number of nitrogens with zero attached hydrogens (tertiary/aromatic N) is 1. The zero-order valence-electron chi connectivity index (χ0n) is 18.6. The van der Waals surface area contributed by atoms with Gasteiger partial charge in [0.2, 0.25) is 0 Å². The number of hydrazine groups is 1. The molecular formula is C25H24ClN3O6. The number of anilines is 1. The van der Waals surface area contributed by atoms with E-state index in [1.54, 1.807) is 53.4 Å². The molecule has 0 spiro atoms. The van der Waals surface area contributed by atoms with Crippen molar-refractivity contribution in [3.05, 3.63) is 94.0 Å². The summed E-state index contributed by atoms with van der Waals surface area (Å²) >= 11 is 6.39. The van der Waals surface area contributed by atoms with Gasteiger partial charge in [0, 0.05) is 23.8 Å². The molecule has 0 saturated carbocycles. The monoisotopic (exact) mass is 497 g/mol. The molecule has 0 aliphatic carbocycles. The molecule has 10 heteroatoms. The zero-order valence-corrected chi connectivity index (χ0v) is 19.4. The number of nitrogens with two attached hydrogens (primary N) is 1. The van der Waals surface area contributed by atoms with E-state index in [1.807, 2.05) is 0 Å². The van der Waals surface area contributed by atoms with Crippen LogP contribution >= 0.6 is 11.6 Å². The van der Waals surface area contributed by atoms with Gasteiger partial charge in [-0.05, 0) is 66.1 Å². The van der Waals surface area contributed by atoms with Crippen molar-refractivity contribution in [2.24, 2.45) is 5.84 Å². The molecule has 182 valence electrons. The second-order valence-electron chi connectivity index (χ2n) is 7.72. The molecule has 3 aromatic rings. The van der Waals surface area contributed by atoms with Crippen LogP contribution in [0.15, 0.2) is 66.7 Å². The molecule has 0 bridgehead atoms. The first-order valence-electron chi connectivity index (χ1n) is 10.6. The van der Waals surface area contributed by atoms with Crippen molar-refractivity contribution in [3.8, 4) is 5.75 Å². The number of aliphatic carboxylic acids is 1. The lowest BCUT2D eigenvalue weighted by Gasteiger charge is -2.21. The largest absolute Gasteiger partial charge is 0.480 e. The van der Waals surface area contributed by atoms with Crippen molar-refractivity contribution in [1.82, 2.24) is 4.90 Å². The second kappa shape index (κ2) is 12.0. The molecule has 0 atom stereocenters. The molecule has 35 heavy (non-hydrogen) atoms. The van der Waals surface area contributed by atoms with E-state index in [0.29, 0.717) is 34.8 Å². The van der Waals surface area contributed by atoms with Crippen LogP contribution in [0, 0.1) is 0 Å². The maximum atomic E-state index is 12.4. The smallest absolute Gasteiger partial charge is 0.343 e. The van der Waals surface area contributed by atoms with Crippen LogP contribution in [0.4, 0.5) is 5.69 Å². The molecule has 0 radical (unpaired) electrons. The van der Waals surface area contributed by atoms with Crippen LogP contribution in [0.3, 0.4) is 0 Å². The highest BCUT2D eigenvalue weighted by Crippen LogP contribution is 2.24. The van der Waals surface area contributed by atoms with E-state index in [2.05, 4.69) is 5.43 Å². The molecule has 0 heterocycles. The average Bonchev–Trinajstić information content (AvgIpc) is 2.83. The number of carbonyl (C=O) groups is 3. The van der Waals surface area contributed by atoms with Gasteiger partial charge in [0.1, 0.15) is 5.75 Å². The number of hydrogen-bond donors (Lipinski definition) is 4. The number of esters is 1. The summed E-state index contributed by atoms with van der Waals surface area (Å²) in [6.07, 6.45) is 0.437. The summed E-state index contributed by atoms with van der Waals surface area (Å²) in [6.45, 7) is 0.409. The summed E-state index contributed by atoms with van der Waals surface area (Å²) in [4.78, 5) is 36.6. The Bertz CT molecular complexity index is 1220. The summed E-state index contributed by atoms with van der Waals surface area (Å²) in [6, 6.07) is 17.7. The lowest BCUT2D eigenvalue weighted by atomic mass is 10.1. The third kappa shape index (κ3) is 7.54. The van der Waals surface area contributed by atoms with Crippen LogP contribution in [0.1, 0.15) is 31.8 Å². The van der Waals surface area contributed by atoms with Crippen LogP contribution in [-0.4, -0.2) is 46.1 Å². The third-order valence-corrected chi connectivity index (χ3v) is 5.51. The number of aromatic carboxylic acids is 1. The van der Waals surface area contributed by atoms with Gasteiger partial charge in [0.25, 0.3) is 0 Å². The Morgan fingerprint density at radius 1 is 0.971 bits per heavy atom. The van der Waals surface area contributed by atoms with Crippen molar-refractivity contribution in [1.29, 1.82) is 0 Å². The molecule has 0 aromatic heterocycles. The van der Waals surface area contributed by atoms with Crippen molar-refractivity contribution in [2.75, 3.05) is 18.5 Å². The number of nitrogens with one attached hydrogen (secondary N) is 1. The summed E-state index contributed by atoms with van der Waals surface area (Å²) in [5, 5.41) is 18.8. The number of carboxylic acid groups (broad SMARTS) is 2. The van der Waals surface area contributed by atoms with Crippen LogP contribution in [-0.2, 0) is 17.8 Å². The Kier molecular flexibility index (Phi) is 8.80. The Morgan fingerprint density at radius 2 is 1.71 bits per heavy atom. The number of halogens is 1. The summed E-state index contributed by atoms with van der Waals surface area (Å²) < 4.78 is 5.39. The lowest BCUT2D eigenvalue weighted by Crippen LogP contribution is -2.31. The van der Waals surface area contributed by atoms with Crippen molar-refractivity contribution in [2.45, 2.75) is 13.0 Å². The van der Waals surface area contributed by atoms with E-state index < -0.39 is 17.9 Å². The minimum Gasteiger partial charge on any atom is -0.480 e. The molecule has 9 nitrogen and oxygen atoms in total. The number of hydrogen-bond acceptors (Lipinski definition) is 7. The van der Waals surface area contributed by atoms with Gasteiger partial charge in [-0.3, -0.25) is 15.5 Å². The van der Waals surface area contributed by atoms with Gasteiger partial charge in [0.05, 0.1) is 17.7 Å². The van der Waals surface area contributed by atoms with Gasteiger partial charge in [-0.2, -0.15) is 0 Å². The van der Waals surface area contributed by atoms with E-state index in [1.165, 1.54) is 18.2 Å². The normalized spacial score (nSPS) is 10.7. The Morgan fingerprint density at radius 3 is 2.34 bits per heavy atom. The summed E-state index contributed by atoms with van der Waals surface area (Å²) in [5.41, 5.74) is 5.05. The first kappa shape index (κ1) is 25.7. The average molecular weight is 498 g/mol. The number of rotatable bonds is 11. The first-order chi connectivity index (χ1) is 16.7. The van der Waals surface area contributed by atoms with Gasteiger partial charge in [-0.25, -0.2) is 9.59 Å². The van der Waals surface area contributed by atoms with Crippen LogP contribution in [0.25, 0.3) is 0 Å². The maximum absolute atomic E-state index is 12.4. The second-order valence-corrected chi connectivity index (χ2v) is 8.13. The molecule has 0 saturated heterocycles. The van der Waals surface area contributed by atoms with Crippen LogP contribution < -0.4 is 16.0 Å². The fourth-order valence-electron chi connectivity index (χ4n) is 3.41. The van der Waals surface area contributed by atoms with E-state index in [4.69, 9.17) is 22.2 Å². The molecule has 3 rings (SSSR count). The van der Waals surface area contributed by atoms with E-state index >= 15 is 0 Å². The number of nitrogen functional groups attached to an aromatic ring is 1. The molecular weight excluding hydrogens is 474 g/mol. The highest BCUT2D eigenvalue weighted by Gasteiger charge is 2.14. The van der Waals surface area contributed by atoms with Gasteiger partial charge in [-0.15, -0.1) is 0 Å². The van der Waals surface area contributed by atoms with Crippen LogP contribution in [0.5, 0.6) is 5.75 Å². The predicted molar refractivity (Wildman–Crippen MR) is 131 cm³/mol. The van der Waals surface area contributed by atoms with E-state index in [-0.39, 0.29) is 24.4 Å². The topological polar surface area (TPSA) is 142 Å². The number of carboxylic acids is 2. The maximum Gasteiger partial charge on any atom is 0.343 e. The number of carbonyl (C=O) groups excluding carboxylic acids is 1. The van der Waals surface area contributed by atoms with E-state index in [0.717, 1.165) is 5.56 Å². The third-order valence-electron chi connectivity index (χ3n) is 5.16. The summed E-state index contributed by atoms with van der Waals surface area (Å²) in [7, 11) is 0. The van der Waals surface area contributed by atoms with Crippen molar-refractivity contribution < 1.29 is 29.3 Å². The standard InChI is InChI=1S/C25H24ClN3O6/c26-22-13-21(35-25(34)18-4-7-20(28-27)8-5-18)9-6-17(22)10-11-29(15-23(30)31)14-16-2-1-3-19(12-16)24(32)33/h1-9,12-13,28H,10-11,14-15,27H2,(H,30,31)(H,32,33). The van der Waals surface area contributed by atoms with Crippen molar-refractivity contribution in [3.63, 3.8) is 0 Å². The molecule has 3 aromatic carbocycles. The first-order valence-corrected chi connectivity index (χ1v) is 11.0. The molecule has 0 aliphatic rings. The Hall–Kier alpha value is -3.92. The lowest BCUT2D eigenvalue weighted by molar-refractivity contribution is -0.138. The van der Waals surface area contributed by atoms with Gasteiger partial charge in [0.15, 0.2) is 0 Å². The quantitative estimate of drug-likeness (QED) is 0.135. The highest BCUT2D eigenvalue weighted by molar-refractivity contribution is 6.31. The minimum atomic E-state index is -1.05.